The van der Waals surface area contributed by atoms with Crippen LogP contribution in [0.2, 0.25) is 0 Å². The largest absolute Gasteiger partial charge is 0.427 e. The molecule has 3 rings (SSSR count). The van der Waals surface area contributed by atoms with Gasteiger partial charge in [-0.25, -0.2) is 4.39 Å². The van der Waals surface area contributed by atoms with Crippen LogP contribution in [0.5, 0.6) is 5.75 Å². The topological polar surface area (TPSA) is 65.2 Å². The van der Waals surface area contributed by atoms with Gasteiger partial charge in [0.1, 0.15) is 11.6 Å². The Hall–Kier alpha value is -3.02. The van der Waals surface area contributed by atoms with E-state index in [0.29, 0.717) is 29.4 Å². The first kappa shape index (κ1) is 15.9. The lowest BCUT2D eigenvalue weighted by molar-refractivity contribution is -0.134. The van der Waals surface area contributed by atoms with Crippen LogP contribution in [0.4, 0.5) is 4.39 Å². The number of aromatic nitrogens is 2. The number of carbonyl (C=O) groups excluding carboxylic acids is 1. The molecule has 0 fully saturated rings. The second kappa shape index (κ2) is 7.04. The van der Waals surface area contributed by atoms with E-state index in [0.717, 1.165) is 5.56 Å². The Morgan fingerprint density at radius 3 is 2.58 bits per heavy atom. The number of carbonyl (C=O) groups is 1. The molecule has 0 unspecified atom stereocenters. The van der Waals surface area contributed by atoms with Gasteiger partial charge in [0.05, 0.1) is 6.42 Å². The number of ether oxygens (including phenoxy) is 1. The zero-order valence-electron chi connectivity index (χ0n) is 13.0. The number of nitrogens with zero attached hydrogens (tertiary/aromatic N) is 2. The second-order valence-electron chi connectivity index (χ2n) is 5.23. The average Bonchev–Trinajstić information content (AvgIpc) is 3.01. The van der Waals surface area contributed by atoms with E-state index in [1.807, 2.05) is 0 Å². The highest BCUT2D eigenvalue weighted by atomic mass is 19.1. The smallest absolute Gasteiger partial charge is 0.311 e. The van der Waals surface area contributed by atoms with Gasteiger partial charge in [0.15, 0.2) is 0 Å². The van der Waals surface area contributed by atoms with Crippen LogP contribution in [0, 0.1) is 12.7 Å². The maximum Gasteiger partial charge on any atom is 0.311 e. The van der Waals surface area contributed by atoms with E-state index in [2.05, 4.69) is 10.1 Å². The Balaban J connectivity index is 1.57. The summed E-state index contributed by atoms with van der Waals surface area (Å²) in [5.74, 6) is 0.641. The van der Waals surface area contributed by atoms with Crippen molar-refractivity contribution in [2.45, 2.75) is 19.8 Å². The lowest BCUT2D eigenvalue weighted by Gasteiger charge is -2.05. The molecule has 0 aliphatic heterocycles. The molecule has 0 aliphatic rings. The number of rotatable bonds is 5. The number of benzene rings is 2. The molecule has 2 aromatic carbocycles. The first-order chi connectivity index (χ1) is 11.6. The summed E-state index contributed by atoms with van der Waals surface area (Å²) in [6, 6.07) is 13.2. The van der Waals surface area contributed by atoms with Crippen LogP contribution >= 0.6 is 0 Å². The van der Waals surface area contributed by atoms with Crippen molar-refractivity contribution < 1.29 is 18.4 Å². The highest BCUT2D eigenvalue weighted by molar-refractivity contribution is 5.73. The van der Waals surface area contributed by atoms with Crippen molar-refractivity contribution in [3.63, 3.8) is 0 Å². The molecule has 0 amide bonds. The maximum absolute atomic E-state index is 13.5. The lowest BCUT2D eigenvalue weighted by atomic mass is 10.1. The number of hydrogen-bond acceptors (Lipinski definition) is 5. The molecule has 122 valence electrons. The van der Waals surface area contributed by atoms with Crippen molar-refractivity contribution in [3.8, 4) is 17.1 Å². The van der Waals surface area contributed by atoms with Crippen molar-refractivity contribution >= 4 is 5.97 Å². The van der Waals surface area contributed by atoms with Gasteiger partial charge < -0.3 is 9.26 Å². The van der Waals surface area contributed by atoms with Crippen LogP contribution in [-0.2, 0) is 11.2 Å². The molecule has 0 spiro atoms. The zero-order valence-corrected chi connectivity index (χ0v) is 13.0. The Morgan fingerprint density at radius 2 is 1.92 bits per heavy atom. The molecule has 1 heterocycles. The SMILES string of the molecule is Cc1nc(-c2ccc(OC(=O)CCc3ccccc3F)cc2)no1. The van der Waals surface area contributed by atoms with Crippen molar-refractivity contribution in [1.29, 1.82) is 0 Å². The van der Waals surface area contributed by atoms with Gasteiger partial charge in [0.2, 0.25) is 11.7 Å². The third-order valence-corrected chi connectivity index (χ3v) is 3.43. The van der Waals surface area contributed by atoms with Crippen molar-refractivity contribution in [2.24, 2.45) is 0 Å². The summed E-state index contributed by atoms with van der Waals surface area (Å²) in [6.45, 7) is 1.71. The summed E-state index contributed by atoms with van der Waals surface area (Å²) < 4.78 is 23.7. The minimum atomic E-state index is -0.415. The number of aryl methyl sites for hydroxylation is 2. The second-order valence-corrected chi connectivity index (χ2v) is 5.23. The molecule has 1 aromatic heterocycles. The van der Waals surface area contributed by atoms with E-state index < -0.39 is 5.97 Å². The Kier molecular flexibility index (Phi) is 4.65. The summed E-state index contributed by atoms with van der Waals surface area (Å²) in [6.07, 6.45) is 0.401. The van der Waals surface area contributed by atoms with E-state index in [1.54, 1.807) is 49.4 Å². The normalized spacial score (nSPS) is 10.6. The fraction of sp³-hybridized carbons (Fsp3) is 0.167. The summed E-state index contributed by atoms with van der Waals surface area (Å²) in [5, 5.41) is 3.82. The van der Waals surface area contributed by atoms with Gasteiger partial charge >= 0.3 is 5.97 Å². The van der Waals surface area contributed by atoms with Gasteiger partial charge in [-0.15, -0.1) is 0 Å². The van der Waals surface area contributed by atoms with Crippen LogP contribution < -0.4 is 4.74 Å². The Bertz CT molecular complexity index is 843. The lowest BCUT2D eigenvalue weighted by Crippen LogP contribution is -2.09. The van der Waals surface area contributed by atoms with Gasteiger partial charge in [0.25, 0.3) is 0 Å². The molecule has 5 nitrogen and oxygen atoms in total. The summed E-state index contributed by atoms with van der Waals surface area (Å²) in [4.78, 5) is 16.0. The number of esters is 1. The van der Waals surface area contributed by atoms with E-state index in [9.17, 15) is 9.18 Å². The highest BCUT2D eigenvalue weighted by Crippen LogP contribution is 2.20. The number of halogens is 1. The van der Waals surface area contributed by atoms with Crippen LogP contribution in [0.1, 0.15) is 17.9 Å². The fourth-order valence-electron chi connectivity index (χ4n) is 2.21. The molecule has 24 heavy (non-hydrogen) atoms. The number of hydrogen-bond donors (Lipinski definition) is 0. The predicted molar refractivity (Wildman–Crippen MR) is 84.8 cm³/mol. The standard InChI is InChI=1S/C18H15FN2O3/c1-12-20-18(21-24-12)14-6-9-15(10-7-14)23-17(22)11-8-13-4-2-3-5-16(13)19/h2-7,9-10H,8,11H2,1H3. The van der Waals surface area contributed by atoms with Crippen LogP contribution in [-0.4, -0.2) is 16.1 Å². The van der Waals surface area contributed by atoms with Crippen LogP contribution in [0.3, 0.4) is 0 Å². The first-order valence-corrected chi connectivity index (χ1v) is 7.46. The summed E-state index contributed by atoms with van der Waals surface area (Å²) in [5.41, 5.74) is 1.26. The summed E-state index contributed by atoms with van der Waals surface area (Å²) >= 11 is 0. The fourth-order valence-corrected chi connectivity index (χ4v) is 2.21. The van der Waals surface area contributed by atoms with Gasteiger partial charge in [-0.3, -0.25) is 4.79 Å². The summed E-state index contributed by atoms with van der Waals surface area (Å²) in [7, 11) is 0. The quantitative estimate of drug-likeness (QED) is 0.528. The van der Waals surface area contributed by atoms with Crippen LogP contribution in [0.25, 0.3) is 11.4 Å². The minimum Gasteiger partial charge on any atom is -0.427 e. The first-order valence-electron chi connectivity index (χ1n) is 7.46. The Labute approximate surface area is 138 Å². The van der Waals surface area contributed by atoms with E-state index >= 15 is 0 Å². The van der Waals surface area contributed by atoms with E-state index in [4.69, 9.17) is 9.26 Å². The van der Waals surface area contributed by atoms with Gasteiger partial charge in [0, 0.05) is 12.5 Å². The molecule has 0 aliphatic carbocycles. The van der Waals surface area contributed by atoms with Gasteiger partial charge in [-0.1, -0.05) is 23.4 Å². The average molecular weight is 326 g/mol. The van der Waals surface area contributed by atoms with E-state index in [1.165, 1.54) is 6.07 Å². The van der Waals surface area contributed by atoms with E-state index in [-0.39, 0.29) is 12.2 Å². The molecule has 0 radical (unpaired) electrons. The third-order valence-electron chi connectivity index (χ3n) is 3.43. The maximum atomic E-state index is 13.5. The van der Waals surface area contributed by atoms with Crippen LogP contribution in [0.15, 0.2) is 53.1 Å². The molecule has 0 saturated heterocycles. The van der Waals surface area contributed by atoms with Gasteiger partial charge in [-0.2, -0.15) is 4.98 Å². The molecule has 0 saturated carbocycles. The molecule has 0 atom stereocenters. The molecular formula is C18H15FN2O3. The molecule has 0 bridgehead atoms. The van der Waals surface area contributed by atoms with Crippen molar-refractivity contribution in [3.05, 3.63) is 65.8 Å². The van der Waals surface area contributed by atoms with Gasteiger partial charge in [-0.05, 0) is 42.3 Å². The monoisotopic (exact) mass is 326 g/mol. The Morgan fingerprint density at radius 1 is 1.17 bits per heavy atom. The minimum absolute atomic E-state index is 0.104. The third kappa shape index (κ3) is 3.84. The van der Waals surface area contributed by atoms with Crippen molar-refractivity contribution in [2.75, 3.05) is 0 Å². The molecular weight excluding hydrogens is 311 g/mol. The molecule has 3 aromatic rings. The molecule has 6 heteroatoms. The highest BCUT2D eigenvalue weighted by Gasteiger charge is 2.09. The predicted octanol–water partition coefficient (Wildman–Crippen LogP) is 3.72. The zero-order chi connectivity index (χ0) is 16.9. The molecule has 0 N–H and O–H groups in total. The van der Waals surface area contributed by atoms with Crippen molar-refractivity contribution in [1.82, 2.24) is 10.1 Å².